The molecule has 1 rings (SSSR count). The molecule has 0 aromatic heterocycles. The van der Waals surface area contributed by atoms with E-state index < -0.39 is 16.1 Å². The molecular formula is C10H24S2Si2. The van der Waals surface area contributed by atoms with Gasteiger partial charge < -0.3 is 0 Å². The van der Waals surface area contributed by atoms with Crippen molar-refractivity contribution in [3.63, 3.8) is 0 Å². The molecule has 1 aliphatic heterocycles. The van der Waals surface area contributed by atoms with E-state index >= 15 is 0 Å². The molecule has 4 heteroatoms. The van der Waals surface area contributed by atoms with Gasteiger partial charge in [0.2, 0.25) is 0 Å². The maximum atomic E-state index is 2.57. The van der Waals surface area contributed by atoms with Gasteiger partial charge in [0, 0.05) is 21.3 Å². The summed E-state index contributed by atoms with van der Waals surface area (Å²) >= 11 is 4.53. The third kappa shape index (κ3) is 2.28. The Bertz CT molecular complexity index is 181. The highest BCUT2D eigenvalue weighted by Crippen LogP contribution is 2.47. The molecule has 1 saturated heterocycles. The Morgan fingerprint density at radius 1 is 0.857 bits per heavy atom. The standard InChI is InChI=1S/C10H24S2Si2/c1-13(2,3)10(14(4,5)6)9-11-7-8-12-10/h7-9H2,1-6H3. The van der Waals surface area contributed by atoms with Gasteiger partial charge in [-0.25, -0.2) is 0 Å². The van der Waals surface area contributed by atoms with Gasteiger partial charge >= 0.3 is 0 Å². The summed E-state index contributed by atoms with van der Waals surface area (Å²) in [6, 6.07) is 0. The number of rotatable bonds is 2. The summed E-state index contributed by atoms with van der Waals surface area (Å²) in [5.41, 5.74) is 0. The van der Waals surface area contributed by atoms with Crippen LogP contribution in [0.3, 0.4) is 0 Å². The van der Waals surface area contributed by atoms with Crippen LogP contribution in [0.15, 0.2) is 0 Å². The van der Waals surface area contributed by atoms with E-state index in [4.69, 9.17) is 0 Å². The Morgan fingerprint density at radius 2 is 1.36 bits per heavy atom. The Balaban J connectivity index is 3.01. The fourth-order valence-electron chi connectivity index (χ4n) is 2.52. The Labute approximate surface area is 100 Å². The van der Waals surface area contributed by atoms with Crippen LogP contribution >= 0.6 is 23.5 Å². The second-order valence-corrected chi connectivity index (χ2v) is 20.7. The fourth-order valence-corrected chi connectivity index (χ4v) is 21.8. The molecule has 0 atom stereocenters. The number of hydrogen-bond donors (Lipinski definition) is 0. The average Bonchev–Trinajstić information content (AvgIpc) is 2.02. The van der Waals surface area contributed by atoms with Gasteiger partial charge in [0.25, 0.3) is 0 Å². The van der Waals surface area contributed by atoms with Crippen molar-refractivity contribution in [3.8, 4) is 0 Å². The average molecular weight is 265 g/mol. The first-order valence-electron chi connectivity index (χ1n) is 5.42. The molecule has 0 spiro atoms. The van der Waals surface area contributed by atoms with E-state index in [-0.39, 0.29) is 0 Å². The molecule has 1 fully saturated rings. The van der Waals surface area contributed by atoms with Crippen molar-refractivity contribution in [2.45, 2.75) is 43.3 Å². The quantitative estimate of drug-likeness (QED) is 0.693. The van der Waals surface area contributed by atoms with Crippen LogP contribution < -0.4 is 0 Å². The molecule has 0 aromatic rings. The minimum atomic E-state index is -1.04. The van der Waals surface area contributed by atoms with Crippen LogP contribution in [0.4, 0.5) is 0 Å². The molecule has 0 aliphatic carbocycles. The molecule has 0 amide bonds. The SMILES string of the molecule is C[Si](C)(C)C1([Si](C)(C)C)CSCCS1. The Morgan fingerprint density at radius 3 is 1.57 bits per heavy atom. The molecule has 0 bridgehead atoms. The minimum Gasteiger partial charge on any atom is -0.160 e. The van der Waals surface area contributed by atoms with Gasteiger partial charge in [0.15, 0.2) is 0 Å². The molecule has 14 heavy (non-hydrogen) atoms. The first-order valence-corrected chi connectivity index (χ1v) is 14.6. The lowest BCUT2D eigenvalue weighted by molar-refractivity contribution is 1.11. The Hall–Kier alpha value is 1.13. The van der Waals surface area contributed by atoms with Gasteiger partial charge in [-0.05, 0) is 0 Å². The smallest absolute Gasteiger partial charge is 0.0602 e. The van der Waals surface area contributed by atoms with E-state index in [1.165, 1.54) is 17.3 Å². The van der Waals surface area contributed by atoms with Crippen LogP contribution in [0.5, 0.6) is 0 Å². The topological polar surface area (TPSA) is 0 Å². The van der Waals surface area contributed by atoms with Crippen molar-refractivity contribution >= 4 is 39.7 Å². The van der Waals surface area contributed by atoms with Crippen LogP contribution in [-0.2, 0) is 0 Å². The van der Waals surface area contributed by atoms with Crippen molar-refractivity contribution in [1.29, 1.82) is 0 Å². The maximum Gasteiger partial charge on any atom is 0.0602 e. The molecule has 0 N–H and O–H groups in total. The number of thioether (sulfide) groups is 2. The molecule has 0 aromatic carbocycles. The molecule has 84 valence electrons. The molecule has 0 nitrogen and oxygen atoms in total. The van der Waals surface area contributed by atoms with E-state index in [9.17, 15) is 0 Å². The van der Waals surface area contributed by atoms with Gasteiger partial charge in [0.1, 0.15) is 0 Å². The summed E-state index contributed by atoms with van der Waals surface area (Å²) in [7, 11) is -2.08. The minimum absolute atomic E-state index is 0.711. The van der Waals surface area contributed by atoms with Crippen molar-refractivity contribution in [3.05, 3.63) is 0 Å². The second-order valence-electron chi connectivity index (χ2n) is 6.23. The molecular weight excluding hydrogens is 240 g/mol. The zero-order valence-corrected chi connectivity index (χ0v) is 14.1. The summed E-state index contributed by atoms with van der Waals surface area (Å²) < 4.78 is 0.711. The van der Waals surface area contributed by atoms with E-state index in [0.717, 1.165) is 0 Å². The van der Waals surface area contributed by atoms with E-state index in [0.29, 0.717) is 3.99 Å². The Kier molecular flexibility index (Phi) is 3.95. The third-order valence-corrected chi connectivity index (χ3v) is 20.7. The molecule has 1 heterocycles. The van der Waals surface area contributed by atoms with Crippen molar-refractivity contribution < 1.29 is 0 Å². The van der Waals surface area contributed by atoms with E-state index in [1.807, 2.05) is 0 Å². The van der Waals surface area contributed by atoms with Gasteiger partial charge in [-0.1, -0.05) is 39.3 Å². The highest BCUT2D eigenvalue weighted by Gasteiger charge is 2.53. The first-order chi connectivity index (χ1) is 6.21. The zero-order valence-electron chi connectivity index (χ0n) is 10.4. The van der Waals surface area contributed by atoms with Crippen molar-refractivity contribution in [1.82, 2.24) is 0 Å². The monoisotopic (exact) mass is 264 g/mol. The predicted molar refractivity (Wildman–Crippen MR) is 79.2 cm³/mol. The van der Waals surface area contributed by atoms with Gasteiger partial charge in [-0.15, -0.1) is 0 Å². The zero-order chi connectivity index (χ0) is 11.0. The summed E-state index contributed by atoms with van der Waals surface area (Å²) in [6.07, 6.45) is 0. The van der Waals surface area contributed by atoms with Crippen LogP contribution in [0.25, 0.3) is 0 Å². The summed E-state index contributed by atoms with van der Waals surface area (Å²) in [6.45, 7) is 15.4. The molecule has 0 radical (unpaired) electrons. The van der Waals surface area contributed by atoms with Gasteiger partial charge in [-0.3, -0.25) is 0 Å². The van der Waals surface area contributed by atoms with Crippen molar-refractivity contribution in [2.75, 3.05) is 17.3 Å². The molecule has 0 unspecified atom stereocenters. The van der Waals surface area contributed by atoms with Gasteiger partial charge in [0.05, 0.1) is 16.1 Å². The highest BCUT2D eigenvalue weighted by atomic mass is 32.2. The highest BCUT2D eigenvalue weighted by molar-refractivity contribution is 8.10. The summed E-state index contributed by atoms with van der Waals surface area (Å²) in [5, 5.41) is 0. The van der Waals surface area contributed by atoms with E-state index in [2.05, 4.69) is 62.8 Å². The fraction of sp³-hybridized carbons (Fsp3) is 1.00. The lowest BCUT2D eigenvalue weighted by atomic mass is 10.9. The lowest BCUT2D eigenvalue weighted by Crippen LogP contribution is -2.66. The number of hydrogen-bond acceptors (Lipinski definition) is 2. The summed E-state index contributed by atoms with van der Waals surface area (Å²) in [5.74, 6) is 4.20. The van der Waals surface area contributed by atoms with Crippen LogP contribution in [0.1, 0.15) is 0 Å². The molecule has 1 aliphatic rings. The largest absolute Gasteiger partial charge is 0.160 e. The second kappa shape index (κ2) is 4.19. The van der Waals surface area contributed by atoms with Crippen LogP contribution in [0, 0.1) is 0 Å². The predicted octanol–water partition coefficient (Wildman–Crippen LogP) is 3.96. The lowest BCUT2D eigenvalue weighted by Gasteiger charge is -2.53. The molecule has 0 saturated carbocycles. The normalized spacial score (nSPS) is 23.6. The van der Waals surface area contributed by atoms with E-state index in [1.54, 1.807) is 0 Å². The maximum absolute atomic E-state index is 2.57. The van der Waals surface area contributed by atoms with Crippen LogP contribution in [-0.4, -0.2) is 37.4 Å². The van der Waals surface area contributed by atoms with Crippen LogP contribution in [0.2, 0.25) is 39.3 Å². The van der Waals surface area contributed by atoms with Gasteiger partial charge in [-0.2, -0.15) is 23.5 Å². The third-order valence-electron chi connectivity index (χ3n) is 3.30. The van der Waals surface area contributed by atoms with Crippen molar-refractivity contribution in [2.24, 2.45) is 0 Å². The summed E-state index contributed by atoms with van der Waals surface area (Å²) in [4.78, 5) is 0. The first kappa shape index (κ1) is 13.2.